The molecule has 0 aliphatic carbocycles. The molecule has 0 amide bonds. The number of likely N-dealkylation sites (N-methyl/N-ethyl adjacent to an activating group) is 1. The van der Waals surface area contributed by atoms with Crippen LogP contribution in [0.5, 0.6) is 0 Å². The van der Waals surface area contributed by atoms with Crippen LogP contribution < -0.4 is 4.90 Å². The summed E-state index contributed by atoms with van der Waals surface area (Å²) in [5.74, 6) is 0.728. The highest BCUT2D eigenvalue weighted by molar-refractivity contribution is 5.72. The highest BCUT2D eigenvalue weighted by atomic mass is 15.3. The molecule has 0 spiro atoms. The Hall–Kier alpha value is -2.73. The van der Waals surface area contributed by atoms with Crippen LogP contribution in [0, 0.1) is 13.8 Å². The van der Waals surface area contributed by atoms with Gasteiger partial charge in [-0.15, -0.1) is 0 Å². The Bertz CT molecular complexity index is 926. The van der Waals surface area contributed by atoms with Crippen molar-refractivity contribution in [3.05, 3.63) is 47.8 Å². The largest absolute Gasteiger partial charge is 0.347 e. The Morgan fingerprint density at radius 2 is 1.70 bits per heavy atom. The van der Waals surface area contributed by atoms with E-state index in [0.717, 1.165) is 52.8 Å². The van der Waals surface area contributed by atoms with E-state index in [4.69, 9.17) is 10.1 Å². The molecule has 0 saturated carbocycles. The SMILES string of the molecule is Cc1nc(N(C)C)nc(-c2cccc(-c3ccn(CCN(C)C)n3)c2)c1C. The molecule has 2 aromatic heterocycles. The van der Waals surface area contributed by atoms with Gasteiger partial charge in [0.1, 0.15) is 0 Å². The lowest BCUT2D eigenvalue weighted by atomic mass is 10.0. The van der Waals surface area contributed by atoms with Gasteiger partial charge in [-0.1, -0.05) is 18.2 Å². The molecule has 6 nitrogen and oxygen atoms in total. The van der Waals surface area contributed by atoms with E-state index in [9.17, 15) is 0 Å². The van der Waals surface area contributed by atoms with Crippen LogP contribution in [0.25, 0.3) is 22.5 Å². The second-order valence-corrected chi connectivity index (χ2v) is 7.33. The van der Waals surface area contributed by atoms with E-state index in [1.54, 1.807) is 0 Å². The Kier molecular flexibility index (Phi) is 5.56. The Balaban J connectivity index is 1.95. The predicted octanol–water partition coefficient (Wildman–Crippen LogP) is 3.25. The maximum absolute atomic E-state index is 4.78. The molecule has 1 aromatic carbocycles. The number of rotatable bonds is 6. The van der Waals surface area contributed by atoms with Crippen molar-refractivity contribution in [1.29, 1.82) is 0 Å². The van der Waals surface area contributed by atoms with Gasteiger partial charge < -0.3 is 9.80 Å². The fraction of sp³-hybridized carbons (Fsp3) is 0.381. The van der Waals surface area contributed by atoms with E-state index in [1.165, 1.54) is 0 Å². The molecule has 0 unspecified atom stereocenters. The summed E-state index contributed by atoms with van der Waals surface area (Å²) in [7, 11) is 8.07. The quantitative estimate of drug-likeness (QED) is 0.672. The average Bonchev–Trinajstić information content (AvgIpc) is 3.11. The van der Waals surface area contributed by atoms with Crippen molar-refractivity contribution in [3.63, 3.8) is 0 Å². The van der Waals surface area contributed by atoms with E-state index < -0.39 is 0 Å². The number of anilines is 1. The lowest BCUT2D eigenvalue weighted by Crippen LogP contribution is -2.18. The number of hydrogen-bond acceptors (Lipinski definition) is 5. The third kappa shape index (κ3) is 4.34. The molecule has 0 N–H and O–H groups in total. The molecular formula is C21H28N6. The topological polar surface area (TPSA) is 50.1 Å². The van der Waals surface area contributed by atoms with Gasteiger partial charge in [-0.05, 0) is 45.6 Å². The van der Waals surface area contributed by atoms with Gasteiger partial charge in [0.15, 0.2) is 0 Å². The lowest BCUT2D eigenvalue weighted by Gasteiger charge is -2.15. The first-order chi connectivity index (χ1) is 12.8. The normalized spacial score (nSPS) is 11.2. The zero-order valence-electron chi connectivity index (χ0n) is 17.1. The second kappa shape index (κ2) is 7.88. The van der Waals surface area contributed by atoms with Crippen molar-refractivity contribution in [2.45, 2.75) is 20.4 Å². The third-order valence-electron chi connectivity index (χ3n) is 4.63. The van der Waals surface area contributed by atoms with Gasteiger partial charge in [-0.2, -0.15) is 5.10 Å². The molecule has 0 bridgehead atoms. The van der Waals surface area contributed by atoms with Crippen molar-refractivity contribution >= 4 is 5.95 Å². The molecule has 0 aliphatic heterocycles. The van der Waals surface area contributed by atoms with Gasteiger partial charge in [0.05, 0.1) is 17.9 Å². The number of nitrogens with zero attached hydrogens (tertiary/aromatic N) is 6. The summed E-state index contributed by atoms with van der Waals surface area (Å²) in [6.07, 6.45) is 2.04. The van der Waals surface area contributed by atoms with Crippen LogP contribution in [0.15, 0.2) is 36.5 Å². The van der Waals surface area contributed by atoms with Crippen molar-refractivity contribution in [2.75, 3.05) is 39.6 Å². The zero-order chi connectivity index (χ0) is 19.6. The van der Waals surface area contributed by atoms with Gasteiger partial charge >= 0.3 is 0 Å². The minimum Gasteiger partial charge on any atom is -0.347 e. The summed E-state index contributed by atoms with van der Waals surface area (Å²) in [6, 6.07) is 10.5. The van der Waals surface area contributed by atoms with Crippen LogP contribution >= 0.6 is 0 Å². The van der Waals surface area contributed by atoms with Crippen molar-refractivity contribution in [2.24, 2.45) is 0 Å². The predicted molar refractivity (Wildman–Crippen MR) is 111 cm³/mol. The molecule has 3 aromatic rings. The molecule has 6 heteroatoms. The van der Waals surface area contributed by atoms with E-state index in [2.05, 4.69) is 61.2 Å². The van der Waals surface area contributed by atoms with Crippen LogP contribution in [-0.4, -0.2) is 59.4 Å². The second-order valence-electron chi connectivity index (χ2n) is 7.33. The first kappa shape index (κ1) is 19.0. The molecular weight excluding hydrogens is 336 g/mol. The molecule has 142 valence electrons. The number of benzene rings is 1. The van der Waals surface area contributed by atoms with Crippen molar-refractivity contribution in [1.82, 2.24) is 24.6 Å². The maximum atomic E-state index is 4.78. The van der Waals surface area contributed by atoms with E-state index in [1.807, 2.05) is 36.8 Å². The Labute approximate surface area is 161 Å². The van der Waals surface area contributed by atoms with Gasteiger partial charge in [0.2, 0.25) is 5.95 Å². The lowest BCUT2D eigenvalue weighted by molar-refractivity contribution is 0.373. The van der Waals surface area contributed by atoms with E-state index in [0.29, 0.717) is 0 Å². The van der Waals surface area contributed by atoms with Crippen molar-refractivity contribution < 1.29 is 0 Å². The molecule has 0 saturated heterocycles. The molecule has 0 atom stereocenters. The summed E-state index contributed by atoms with van der Waals surface area (Å²) < 4.78 is 1.99. The highest BCUT2D eigenvalue weighted by Gasteiger charge is 2.13. The highest BCUT2D eigenvalue weighted by Crippen LogP contribution is 2.28. The third-order valence-corrected chi connectivity index (χ3v) is 4.63. The molecule has 0 radical (unpaired) electrons. The summed E-state index contributed by atoms with van der Waals surface area (Å²) in [6.45, 7) is 5.95. The summed E-state index contributed by atoms with van der Waals surface area (Å²) >= 11 is 0. The maximum Gasteiger partial charge on any atom is 0.225 e. The van der Waals surface area contributed by atoms with Crippen LogP contribution in [0.2, 0.25) is 0 Å². The van der Waals surface area contributed by atoms with Crippen LogP contribution in [0.4, 0.5) is 5.95 Å². The Morgan fingerprint density at radius 3 is 2.41 bits per heavy atom. The Morgan fingerprint density at radius 1 is 0.963 bits per heavy atom. The number of hydrogen-bond donors (Lipinski definition) is 0. The number of aryl methyl sites for hydroxylation is 1. The van der Waals surface area contributed by atoms with Crippen LogP contribution in [0.3, 0.4) is 0 Å². The fourth-order valence-corrected chi connectivity index (χ4v) is 2.86. The zero-order valence-corrected chi connectivity index (χ0v) is 17.1. The average molecular weight is 364 g/mol. The minimum atomic E-state index is 0.728. The first-order valence-electron chi connectivity index (χ1n) is 9.16. The molecule has 27 heavy (non-hydrogen) atoms. The first-order valence-corrected chi connectivity index (χ1v) is 9.16. The molecule has 3 rings (SSSR count). The fourth-order valence-electron chi connectivity index (χ4n) is 2.86. The summed E-state index contributed by atoms with van der Waals surface area (Å²) in [4.78, 5) is 13.4. The summed E-state index contributed by atoms with van der Waals surface area (Å²) in [5.41, 5.74) is 6.24. The smallest absolute Gasteiger partial charge is 0.225 e. The van der Waals surface area contributed by atoms with Gasteiger partial charge in [0, 0.05) is 43.7 Å². The molecule has 2 heterocycles. The minimum absolute atomic E-state index is 0.728. The van der Waals surface area contributed by atoms with Crippen LogP contribution in [-0.2, 0) is 6.54 Å². The number of aromatic nitrogens is 4. The molecule has 0 aliphatic rings. The summed E-state index contributed by atoms with van der Waals surface area (Å²) in [5, 5.41) is 4.72. The molecule has 0 fully saturated rings. The van der Waals surface area contributed by atoms with E-state index >= 15 is 0 Å². The van der Waals surface area contributed by atoms with Gasteiger partial charge in [-0.25, -0.2) is 9.97 Å². The van der Waals surface area contributed by atoms with Crippen molar-refractivity contribution in [3.8, 4) is 22.5 Å². The van der Waals surface area contributed by atoms with Crippen LogP contribution in [0.1, 0.15) is 11.3 Å². The van der Waals surface area contributed by atoms with Gasteiger partial charge in [-0.3, -0.25) is 4.68 Å². The standard InChI is InChI=1S/C21H28N6/c1-15-16(2)22-21(26(5)6)23-20(15)18-9-7-8-17(14-18)19-10-11-27(24-19)13-12-25(3)4/h7-11,14H,12-13H2,1-6H3. The van der Waals surface area contributed by atoms with Gasteiger partial charge in [0.25, 0.3) is 0 Å². The van der Waals surface area contributed by atoms with E-state index in [-0.39, 0.29) is 0 Å². The monoisotopic (exact) mass is 364 g/mol.